The van der Waals surface area contributed by atoms with Crippen LogP contribution in [-0.2, 0) is 4.79 Å². The third-order valence-corrected chi connectivity index (χ3v) is 3.49. The van der Waals surface area contributed by atoms with Gasteiger partial charge in [0.05, 0.1) is 16.3 Å². The van der Waals surface area contributed by atoms with Crippen LogP contribution in [-0.4, -0.2) is 18.7 Å². The second-order valence-corrected chi connectivity index (χ2v) is 5.30. The molecule has 0 atom stereocenters. The van der Waals surface area contributed by atoms with Crippen molar-refractivity contribution in [2.75, 3.05) is 6.61 Å². The molecule has 0 unspecified atom stereocenters. The standard InChI is InChI=1S/C16H14Cl2N2O2/c1-11-5-2-3-8-15(11)22-10-16(21)20-19-9-12-13(17)6-4-7-14(12)18/h2-9H,10H2,1H3,(H,20,21)/b19-9+. The van der Waals surface area contributed by atoms with Gasteiger partial charge in [-0.15, -0.1) is 0 Å². The number of nitrogens with zero attached hydrogens (tertiary/aromatic N) is 1. The number of nitrogens with one attached hydrogen (secondary N) is 1. The number of hydrazone groups is 1. The monoisotopic (exact) mass is 336 g/mol. The van der Waals surface area contributed by atoms with E-state index in [-0.39, 0.29) is 12.5 Å². The Kier molecular flexibility index (Phi) is 5.81. The summed E-state index contributed by atoms with van der Waals surface area (Å²) in [7, 11) is 0. The van der Waals surface area contributed by atoms with Crippen molar-refractivity contribution in [2.45, 2.75) is 6.92 Å². The van der Waals surface area contributed by atoms with Crippen LogP contribution in [0.2, 0.25) is 10.0 Å². The van der Waals surface area contributed by atoms with Crippen LogP contribution in [0.4, 0.5) is 0 Å². The van der Waals surface area contributed by atoms with E-state index in [2.05, 4.69) is 10.5 Å². The van der Waals surface area contributed by atoms with E-state index in [9.17, 15) is 4.79 Å². The van der Waals surface area contributed by atoms with Gasteiger partial charge in [-0.2, -0.15) is 5.10 Å². The van der Waals surface area contributed by atoms with Crippen LogP contribution >= 0.6 is 23.2 Å². The molecule has 0 saturated heterocycles. The Morgan fingerprint density at radius 2 is 1.86 bits per heavy atom. The highest BCUT2D eigenvalue weighted by atomic mass is 35.5. The van der Waals surface area contributed by atoms with E-state index in [0.29, 0.717) is 21.4 Å². The van der Waals surface area contributed by atoms with E-state index >= 15 is 0 Å². The molecule has 0 aliphatic heterocycles. The summed E-state index contributed by atoms with van der Waals surface area (Å²) in [6.45, 7) is 1.78. The lowest BCUT2D eigenvalue weighted by atomic mass is 10.2. The molecule has 6 heteroatoms. The summed E-state index contributed by atoms with van der Waals surface area (Å²) in [5, 5.41) is 4.74. The summed E-state index contributed by atoms with van der Waals surface area (Å²) in [5.74, 6) is 0.290. The van der Waals surface area contributed by atoms with Crippen molar-refractivity contribution in [1.29, 1.82) is 0 Å². The van der Waals surface area contributed by atoms with Crippen LogP contribution in [0.3, 0.4) is 0 Å². The van der Waals surface area contributed by atoms with E-state index in [1.165, 1.54) is 6.21 Å². The predicted octanol–water partition coefficient (Wildman–Crippen LogP) is 3.83. The van der Waals surface area contributed by atoms with Crippen LogP contribution in [0, 0.1) is 6.92 Å². The van der Waals surface area contributed by atoms with Crippen molar-refractivity contribution in [1.82, 2.24) is 5.43 Å². The van der Waals surface area contributed by atoms with E-state index in [1.54, 1.807) is 24.3 Å². The Balaban J connectivity index is 1.88. The van der Waals surface area contributed by atoms with Gasteiger partial charge < -0.3 is 4.74 Å². The minimum absolute atomic E-state index is 0.127. The molecule has 22 heavy (non-hydrogen) atoms. The molecule has 0 saturated carbocycles. The number of hydrogen-bond donors (Lipinski definition) is 1. The Labute approximate surface area is 138 Å². The molecule has 2 aromatic rings. The van der Waals surface area contributed by atoms with Gasteiger partial charge >= 0.3 is 0 Å². The minimum Gasteiger partial charge on any atom is -0.483 e. The van der Waals surface area contributed by atoms with Gasteiger partial charge in [0, 0.05) is 5.56 Å². The van der Waals surface area contributed by atoms with E-state index < -0.39 is 0 Å². The van der Waals surface area contributed by atoms with Crippen LogP contribution in [0.15, 0.2) is 47.6 Å². The first-order chi connectivity index (χ1) is 10.6. The van der Waals surface area contributed by atoms with Crippen LogP contribution in [0.5, 0.6) is 5.75 Å². The lowest BCUT2D eigenvalue weighted by molar-refractivity contribution is -0.123. The normalized spacial score (nSPS) is 10.7. The van der Waals surface area contributed by atoms with Gasteiger partial charge in [-0.1, -0.05) is 47.5 Å². The summed E-state index contributed by atoms with van der Waals surface area (Å²) in [6, 6.07) is 12.6. The van der Waals surface area contributed by atoms with Gasteiger partial charge in [0.25, 0.3) is 5.91 Å². The molecule has 0 spiro atoms. The molecule has 0 aromatic heterocycles. The number of carbonyl (C=O) groups is 1. The maximum atomic E-state index is 11.7. The fourth-order valence-corrected chi connectivity index (χ4v) is 2.19. The molecule has 1 amide bonds. The Bertz CT molecular complexity index is 682. The first-order valence-electron chi connectivity index (χ1n) is 6.52. The number of amides is 1. The molecule has 0 radical (unpaired) electrons. The number of halogens is 2. The van der Waals surface area contributed by atoms with Gasteiger partial charge in [-0.05, 0) is 30.7 Å². The number of ether oxygens (including phenoxy) is 1. The molecule has 0 fully saturated rings. The van der Waals surface area contributed by atoms with E-state index in [4.69, 9.17) is 27.9 Å². The molecular weight excluding hydrogens is 323 g/mol. The molecule has 0 aliphatic rings. The highest BCUT2D eigenvalue weighted by Gasteiger charge is 2.04. The average Bonchev–Trinajstić information content (AvgIpc) is 2.49. The van der Waals surface area contributed by atoms with Gasteiger partial charge in [0.1, 0.15) is 5.75 Å². The first-order valence-corrected chi connectivity index (χ1v) is 7.28. The molecule has 114 valence electrons. The van der Waals surface area contributed by atoms with Crippen LogP contribution in [0.25, 0.3) is 0 Å². The lowest BCUT2D eigenvalue weighted by Crippen LogP contribution is -2.24. The summed E-state index contributed by atoms with van der Waals surface area (Å²) >= 11 is 12.0. The van der Waals surface area contributed by atoms with Gasteiger partial charge in [0.2, 0.25) is 0 Å². The molecule has 0 aliphatic carbocycles. The fourth-order valence-electron chi connectivity index (χ4n) is 1.70. The zero-order chi connectivity index (χ0) is 15.9. The van der Waals surface area contributed by atoms with Crippen molar-refractivity contribution in [3.05, 3.63) is 63.6 Å². The fraction of sp³-hybridized carbons (Fsp3) is 0.125. The minimum atomic E-state index is -0.373. The number of aryl methyl sites for hydroxylation is 1. The molecule has 0 bridgehead atoms. The van der Waals surface area contributed by atoms with Crippen LogP contribution in [0.1, 0.15) is 11.1 Å². The van der Waals surface area contributed by atoms with Crippen LogP contribution < -0.4 is 10.2 Å². The van der Waals surface area contributed by atoms with E-state index in [0.717, 1.165) is 5.56 Å². The molecule has 1 N–H and O–H groups in total. The number of para-hydroxylation sites is 1. The topological polar surface area (TPSA) is 50.7 Å². The zero-order valence-electron chi connectivity index (χ0n) is 11.8. The van der Waals surface area contributed by atoms with Gasteiger partial charge in [-0.3, -0.25) is 4.79 Å². The number of hydrogen-bond acceptors (Lipinski definition) is 3. The highest BCUT2D eigenvalue weighted by Crippen LogP contribution is 2.22. The molecule has 0 heterocycles. The number of rotatable bonds is 5. The molecule has 2 aromatic carbocycles. The van der Waals surface area contributed by atoms with Crippen molar-refractivity contribution >= 4 is 35.3 Å². The average molecular weight is 337 g/mol. The number of carbonyl (C=O) groups excluding carboxylic acids is 1. The predicted molar refractivity (Wildman–Crippen MR) is 88.9 cm³/mol. The summed E-state index contributed by atoms with van der Waals surface area (Å²) in [6.07, 6.45) is 1.40. The lowest BCUT2D eigenvalue weighted by Gasteiger charge is -2.07. The molecule has 4 nitrogen and oxygen atoms in total. The van der Waals surface area contributed by atoms with E-state index in [1.807, 2.05) is 25.1 Å². The first kappa shape index (κ1) is 16.3. The molecule has 2 rings (SSSR count). The maximum Gasteiger partial charge on any atom is 0.277 e. The SMILES string of the molecule is Cc1ccccc1OCC(=O)N/N=C/c1c(Cl)cccc1Cl. The quantitative estimate of drug-likeness (QED) is 0.666. The second-order valence-electron chi connectivity index (χ2n) is 4.48. The Morgan fingerprint density at radius 1 is 1.18 bits per heavy atom. The summed E-state index contributed by atoms with van der Waals surface area (Å²) in [4.78, 5) is 11.7. The smallest absolute Gasteiger partial charge is 0.277 e. The largest absolute Gasteiger partial charge is 0.483 e. The maximum absolute atomic E-state index is 11.7. The van der Waals surface area contributed by atoms with Gasteiger partial charge in [-0.25, -0.2) is 5.43 Å². The zero-order valence-corrected chi connectivity index (χ0v) is 13.4. The Morgan fingerprint density at radius 3 is 2.55 bits per heavy atom. The second kappa shape index (κ2) is 7.82. The number of benzene rings is 2. The van der Waals surface area contributed by atoms with Crippen molar-refractivity contribution in [3.8, 4) is 5.75 Å². The third kappa shape index (κ3) is 4.48. The summed E-state index contributed by atoms with van der Waals surface area (Å²) < 4.78 is 5.41. The third-order valence-electron chi connectivity index (χ3n) is 2.83. The highest BCUT2D eigenvalue weighted by molar-refractivity contribution is 6.38. The molecular formula is C16H14Cl2N2O2. The Hall–Kier alpha value is -2.04. The summed E-state index contributed by atoms with van der Waals surface area (Å²) in [5.41, 5.74) is 3.87. The van der Waals surface area contributed by atoms with Crippen molar-refractivity contribution in [2.24, 2.45) is 5.10 Å². The van der Waals surface area contributed by atoms with Crippen molar-refractivity contribution < 1.29 is 9.53 Å². The van der Waals surface area contributed by atoms with Crippen molar-refractivity contribution in [3.63, 3.8) is 0 Å². The van der Waals surface area contributed by atoms with Gasteiger partial charge in [0.15, 0.2) is 6.61 Å².